The summed E-state index contributed by atoms with van der Waals surface area (Å²) in [4.78, 5) is 16.7. The van der Waals surface area contributed by atoms with Gasteiger partial charge in [0.15, 0.2) is 0 Å². The lowest BCUT2D eigenvalue weighted by molar-refractivity contribution is 0.0735. The molecular formula is C25H24ClNO3. The molecule has 0 aliphatic heterocycles. The summed E-state index contributed by atoms with van der Waals surface area (Å²) in [6.45, 7) is 2.92. The van der Waals surface area contributed by atoms with Gasteiger partial charge in [0, 0.05) is 11.2 Å². The third kappa shape index (κ3) is 6.75. The summed E-state index contributed by atoms with van der Waals surface area (Å²) in [5.41, 5.74) is 2.16. The van der Waals surface area contributed by atoms with Crippen LogP contribution in [0, 0.1) is 0 Å². The smallest absolute Gasteiger partial charge is 0.343 e. The minimum Gasteiger partial charge on any atom is -0.494 e. The van der Waals surface area contributed by atoms with Gasteiger partial charge in [0.05, 0.1) is 17.9 Å². The molecule has 0 N–H and O–H groups in total. The summed E-state index contributed by atoms with van der Waals surface area (Å²) in [7, 11) is 0. The maximum absolute atomic E-state index is 12.2. The topological polar surface area (TPSA) is 47.9 Å². The summed E-state index contributed by atoms with van der Waals surface area (Å²) < 4.78 is 11.0. The van der Waals surface area contributed by atoms with Gasteiger partial charge in [-0.05, 0) is 78.7 Å². The Bertz CT molecular complexity index is 982. The van der Waals surface area contributed by atoms with Crippen molar-refractivity contribution in [3.63, 3.8) is 0 Å². The van der Waals surface area contributed by atoms with Gasteiger partial charge in [0.2, 0.25) is 0 Å². The first-order chi connectivity index (χ1) is 14.6. The summed E-state index contributed by atoms with van der Waals surface area (Å²) in [5.74, 6) is 0.834. The van der Waals surface area contributed by atoms with Crippen LogP contribution >= 0.6 is 11.6 Å². The predicted molar refractivity (Wildman–Crippen MR) is 122 cm³/mol. The third-order valence-corrected chi connectivity index (χ3v) is 4.60. The number of unbranched alkanes of at least 4 members (excludes halogenated alkanes) is 2. The van der Waals surface area contributed by atoms with Crippen molar-refractivity contribution in [2.75, 3.05) is 6.61 Å². The fraction of sp³-hybridized carbons (Fsp3) is 0.200. The Morgan fingerprint density at radius 3 is 2.43 bits per heavy atom. The highest BCUT2D eigenvalue weighted by Gasteiger charge is 2.08. The molecular weight excluding hydrogens is 398 g/mol. The number of ether oxygens (including phenoxy) is 2. The number of hydrogen-bond acceptors (Lipinski definition) is 4. The summed E-state index contributed by atoms with van der Waals surface area (Å²) >= 11 is 5.91. The van der Waals surface area contributed by atoms with Crippen LogP contribution in [0.4, 0.5) is 5.69 Å². The Hall–Kier alpha value is -3.11. The van der Waals surface area contributed by atoms with Crippen LogP contribution in [0.5, 0.6) is 11.5 Å². The number of rotatable bonds is 9. The monoisotopic (exact) mass is 421 g/mol. The Balaban J connectivity index is 1.54. The molecule has 0 heterocycles. The first kappa shape index (κ1) is 21.6. The van der Waals surface area contributed by atoms with Gasteiger partial charge in [-0.25, -0.2) is 4.79 Å². The number of benzene rings is 3. The summed E-state index contributed by atoms with van der Waals surface area (Å²) in [5, 5.41) is 0.515. The van der Waals surface area contributed by atoms with Crippen molar-refractivity contribution in [1.29, 1.82) is 0 Å². The van der Waals surface area contributed by atoms with Crippen molar-refractivity contribution in [3.05, 3.63) is 88.9 Å². The summed E-state index contributed by atoms with van der Waals surface area (Å²) in [6, 6.07) is 21.5. The number of nitrogens with zero attached hydrogens (tertiary/aromatic N) is 1. The fourth-order valence-corrected chi connectivity index (χ4v) is 2.90. The number of aliphatic imine (C=N–C) groups is 1. The molecule has 0 amide bonds. The van der Waals surface area contributed by atoms with E-state index in [0.29, 0.717) is 16.3 Å². The van der Waals surface area contributed by atoms with Crippen molar-refractivity contribution in [3.8, 4) is 11.5 Å². The molecule has 3 aromatic rings. The fourth-order valence-electron chi connectivity index (χ4n) is 2.72. The zero-order valence-electron chi connectivity index (χ0n) is 16.9. The molecule has 3 aromatic carbocycles. The van der Waals surface area contributed by atoms with Gasteiger partial charge in [-0.3, -0.25) is 4.99 Å². The van der Waals surface area contributed by atoms with E-state index in [-0.39, 0.29) is 0 Å². The van der Waals surface area contributed by atoms with E-state index in [1.807, 2.05) is 24.3 Å². The van der Waals surface area contributed by atoms with Gasteiger partial charge < -0.3 is 9.47 Å². The molecule has 4 nitrogen and oxygen atoms in total. The van der Waals surface area contributed by atoms with Gasteiger partial charge in [-0.2, -0.15) is 0 Å². The summed E-state index contributed by atoms with van der Waals surface area (Å²) in [6.07, 6.45) is 5.22. The van der Waals surface area contributed by atoms with Crippen LogP contribution in [0.25, 0.3) is 0 Å². The van der Waals surface area contributed by atoms with Crippen LogP contribution < -0.4 is 9.47 Å². The zero-order valence-corrected chi connectivity index (χ0v) is 17.6. The average molecular weight is 422 g/mol. The van der Waals surface area contributed by atoms with Crippen molar-refractivity contribution in [2.45, 2.75) is 26.2 Å². The highest BCUT2D eigenvalue weighted by molar-refractivity contribution is 6.30. The van der Waals surface area contributed by atoms with Gasteiger partial charge in [0.25, 0.3) is 0 Å². The van der Waals surface area contributed by atoms with E-state index < -0.39 is 5.97 Å². The van der Waals surface area contributed by atoms with E-state index in [0.717, 1.165) is 30.0 Å². The normalized spacial score (nSPS) is 10.9. The number of halogens is 1. The lowest BCUT2D eigenvalue weighted by Gasteiger charge is -2.05. The maximum atomic E-state index is 12.2. The molecule has 0 spiro atoms. The Labute approximate surface area is 182 Å². The van der Waals surface area contributed by atoms with Gasteiger partial charge in [-0.15, -0.1) is 0 Å². The molecule has 3 rings (SSSR count). The molecule has 0 aliphatic carbocycles. The first-order valence-electron chi connectivity index (χ1n) is 9.99. The number of carbonyl (C=O) groups is 1. The molecule has 0 saturated heterocycles. The predicted octanol–water partition coefficient (Wildman–Crippen LogP) is 6.88. The van der Waals surface area contributed by atoms with Gasteiger partial charge >= 0.3 is 5.97 Å². The molecule has 0 unspecified atom stereocenters. The minimum atomic E-state index is -0.442. The van der Waals surface area contributed by atoms with Crippen LogP contribution in [0.3, 0.4) is 0 Å². The molecule has 0 saturated carbocycles. The van der Waals surface area contributed by atoms with Crippen molar-refractivity contribution in [1.82, 2.24) is 0 Å². The van der Waals surface area contributed by atoms with E-state index in [2.05, 4.69) is 11.9 Å². The molecule has 0 atom stereocenters. The second-order valence-corrected chi connectivity index (χ2v) is 7.21. The van der Waals surface area contributed by atoms with Crippen LogP contribution in [-0.2, 0) is 0 Å². The standard InChI is InChI=1S/C25H24ClNO3/c1-2-3-4-16-29-23-14-8-19(9-15-23)18-27-22-12-10-20(11-13-22)25(28)30-24-7-5-6-21(26)17-24/h5-15,17-18H,2-4,16H2,1H3. The first-order valence-corrected chi connectivity index (χ1v) is 10.4. The van der Waals surface area contributed by atoms with E-state index in [1.165, 1.54) is 12.8 Å². The quantitative estimate of drug-likeness (QED) is 0.164. The molecule has 5 heteroatoms. The third-order valence-electron chi connectivity index (χ3n) is 4.37. The van der Waals surface area contributed by atoms with E-state index in [9.17, 15) is 4.79 Å². The highest BCUT2D eigenvalue weighted by atomic mass is 35.5. The Kier molecular flexibility index (Phi) is 8.04. The van der Waals surface area contributed by atoms with Gasteiger partial charge in [-0.1, -0.05) is 37.4 Å². The van der Waals surface area contributed by atoms with Crippen molar-refractivity contribution >= 4 is 29.5 Å². The second kappa shape index (κ2) is 11.2. The Morgan fingerprint density at radius 2 is 1.73 bits per heavy atom. The Morgan fingerprint density at radius 1 is 0.967 bits per heavy atom. The van der Waals surface area contributed by atoms with E-state index in [1.54, 1.807) is 54.7 Å². The van der Waals surface area contributed by atoms with Crippen LogP contribution in [0.2, 0.25) is 5.02 Å². The van der Waals surface area contributed by atoms with Gasteiger partial charge in [0.1, 0.15) is 11.5 Å². The molecule has 30 heavy (non-hydrogen) atoms. The highest BCUT2D eigenvalue weighted by Crippen LogP contribution is 2.20. The molecule has 0 radical (unpaired) electrons. The molecule has 154 valence electrons. The molecule has 0 fully saturated rings. The van der Waals surface area contributed by atoms with E-state index in [4.69, 9.17) is 21.1 Å². The van der Waals surface area contributed by atoms with Crippen molar-refractivity contribution < 1.29 is 14.3 Å². The molecule has 0 aromatic heterocycles. The minimum absolute atomic E-state index is 0.410. The lowest BCUT2D eigenvalue weighted by Crippen LogP contribution is -2.07. The van der Waals surface area contributed by atoms with Crippen LogP contribution in [-0.4, -0.2) is 18.8 Å². The zero-order chi connectivity index (χ0) is 21.2. The average Bonchev–Trinajstić information content (AvgIpc) is 2.76. The number of hydrogen-bond donors (Lipinski definition) is 0. The van der Waals surface area contributed by atoms with Crippen LogP contribution in [0.15, 0.2) is 77.8 Å². The van der Waals surface area contributed by atoms with E-state index >= 15 is 0 Å². The molecule has 0 bridgehead atoms. The maximum Gasteiger partial charge on any atom is 0.343 e. The largest absolute Gasteiger partial charge is 0.494 e. The second-order valence-electron chi connectivity index (χ2n) is 6.78. The number of carbonyl (C=O) groups excluding carboxylic acids is 1. The number of esters is 1. The SMILES string of the molecule is CCCCCOc1ccc(C=Nc2ccc(C(=O)Oc3cccc(Cl)c3)cc2)cc1. The molecule has 0 aliphatic rings. The van der Waals surface area contributed by atoms with Crippen molar-refractivity contribution in [2.24, 2.45) is 4.99 Å². The lowest BCUT2D eigenvalue weighted by atomic mass is 10.2. The van der Waals surface area contributed by atoms with Crippen LogP contribution in [0.1, 0.15) is 42.1 Å².